The Hall–Kier alpha value is -1.67. The van der Waals surface area contributed by atoms with Crippen molar-refractivity contribution in [3.05, 3.63) is 28.6 Å². The van der Waals surface area contributed by atoms with Gasteiger partial charge in [-0.3, -0.25) is 0 Å². The molecule has 0 aliphatic heterocycles. The molecule has 0 spiro atoms. The monoisotopic (exact) mass is 304 g/mol. The smallest absolute Gasteiger partial charge is 0.350 e. The van der Waals surface area contributed by atoms with Crippen molar-refractivity contribution in [1.29, 1.82) is 5.26 Å². The van der Waals surface area contributed by atoms with E-state index in [1.807, 2.05) is 13.0 Å². The third-order valence-corrected chi connectivity index (χ3v) is 4.47. The number of rotatable bonds is 5. The zero-order valence-electron chi connectivity index (χ0n) is 12.5. The van der Waals surface area contributed by atoms with Gasteiger partial charge in [0, 0.05) is 5.69 Å². The van der Waals surface area contributed by atoms with E-state index in [2.05, 4.69) is 11.1 Å². The van der Waals surface area contributed by atoms with Crippen molar-refractivity contribution in [1.82, 2.24) is 4.98 Å². The van der Waals surface area contributed by atoms with E-state index < -0.39 is 5.97 Å². The quantitative estimate of drug-likeness (QED) is 0.514. The van der Waals surface area contributed by atoms with E-state index in [0.29, 0.717) is 4.91 Å². The van der Waals surface area contributed by atoms with Crippen LogP contribution in [0.2, 0.25) is 0 Å². The molecule has 0 radical (unpaired) electrons. The van der Waals surface area contributed by atoms with Crippen LogP contribution in [0.4, 0.5) is 0 Å². The summed E-state index contributed by atoms with van der Waals surface area (Å²) in [5.41, 5.74) is 3.53. The van der Waals surface area contributed by atoms with E-state index in [0.717, 1.165) is 24.3 Å². The Morgan fingerprint density at radius 1 is 1.43 bits per heavy atom. The standard InChI is InChI=1S/C16H20N2O2S/c1-3-20-16(19)12(10-17)15(21-4-2)14-9-11-7-5-6-8-13(11)18-14/h9,18H,3-8H2,1-2H3/b15-12-. The Labute approximate surface area is 129 Å². The number of carbonyl (C=O) groups is 1. The molecule has 1 N–H and O–H groups in total. The van der Waals surface area contributed by atoms with E-state index in [1.54, 1.807) is 6.92 Å². The predicted molar refractivity (Wildman–Crippen MR) is 84.7 cm³/mol. The number of ether oxygens (including phenoxy) is 1. The first-order valence-electron chi connectivity index (χ1n) is 7.36. The average molecular weight is 304 g/mol. The maximum Gasteiger partial charge on any atom is 0.350 e. The number of nitrogens with one attached hydrogen (secondary N) is 1. The molecule has 5 heteroatoms. The number of aromatic amines is 1. The number of esters is 1. The number of aromatic nitrogens is 1. The minimum absolute atomic E-state index is 0.0993. The Balaban J connectivity index is 2.44. The fourth-order valence-electron chi connectivity index (χ4n) is 2.55. The van der Waals surface area contributed by atoms with Gasteiger partial charge in [-0.25, -0.2) is 4.79 Å². The Morgan fingerprint density at radius 3 is 2.81 bits per heavy atom. The summed E-state index contributed by atoms with van der Waals surface area (Å²) in [7, 11) is 0. The summed E-state index contributed by atoms with van der Waals surface area (Å²) in [5, 5.41) is 9.35. The SMILES string of the molecule is CCOC(=O)/C(C#N)=C(\SCC)c1cc2c([nH]1)CCCC2. The fourth-order valence-corrected chi connectivity index (χ4v) is 3.37. The molecular formula is C16H20N2O2S. The van der Waals surface area contributed by atoms with Gasteiger partial charge in [0.15, 0.2) is 5.57 Å². The van der Waals surface area contributed by atoms with Gasteiger partial charge in [0.2, 0.25) is 0 Å². The third-order valence-electron chi connectivity index (χ3n) is 3.47. The van der Waals surface area contributed by atoms with E-state index in [9.17, 15) is 10.1 Å². The lowest BCUT2D eigenvalue weighted by Crippen LogP contribution is -2.08. The van der Waals surface area contributed by atoms with E-state index in [1.165, 1.54) is 35.9 Å². The van der Waals surface area contributed by atoms with E-state index in [-0.39, 0.29) is 12.2 Å². The van der Waals surface area contributed by atoms with Crippen molar-refractivity contribution >= 4 is 22.6 Å². The van der Waals surface area contributed by atoms with E-state index >= 15 is 0 Å². The number of hydrogen-bond acceptors (Lipinski definition) is 4. The van der Waals surface area contributed by atoms with Gasteiger partial charge in [-0.15, -0.1) is 11.8 Å². The molecule has 1 heterocycles. The molecule has 112 valence electrons. The molecule has 1 aromatic rings. The van der Waals surface area contributed by atoms with Gasteiger partial charge in [-0.05, 0) is 50.0 Å². The number of hydrogen-bond donors (Lipinski definition) is 1. The maximum atomic E-state index is 12.0. The minimum atomic E-state index is -0.538. The molecule has 0 saturated heterocycles. The molecule has 0 fully saturated rings. The first-order chi connectivity index (χ1) is 10.2. The lowest BCUT2D eigenvalue weighted by Gasteiger charge is -2.09. The molecule has 0 amide bonds. The fraction of sp³-hybridized carbons (Fsp3) is 0.500. The molecule has 0 aromatic carbocycles. The number of thioether (sulfide) groups is 1. The van der Waals surface area contributed by atoms with Crippen molar-refractivity contribution in [3.63, 3.8) is 0 Å². The van der Waals surface area contributed by atoms with Crippen molar-refractivity contribution < 1.29 is 9.53 Å². The van der Waals surface area contributed by atoms with Gasteiger partial charge < -0.3 is 9.72 Å². The van der Waals surface area contributed by atoms with Gasteiger partial charge in [-0.1, -0.05) is 6.92 Å². The molecule has 0 unspecified atom stereocenters. The highest BCUT2D eigenvalue weighted by molar-refractivity contribution is 8.08. The molecular weight excluding hydrogens is 284 g/mol. The van der Waals surface area contributed by atoms with Crippen LogP contribution in [0, 0.1) is 11.3 Å². The van der Waals surface area contributed by atoms with Crippen LogP contribution in [0.3, 0.4) is 0 Å². The normalized spacial score (nSPS) is 14.9. The molecule has 4 nitrogen and oxygen atoms in total. The van der Waals surface area contributed by atoms with Crippen molar-refractivity contribution in [2.75, 3.05) is 12.4 Å². The maximum absolute atomic E-state index is 12.0. The highest BCUT2D eigenvalue weighted by Crippen LogP contribution is 2.33. The lowest BCUT2D eigenvalue weighted by molar-refractivity contribution is -0.137. The van der Waals surface area contributed by atoms with Crippen LogP contribution in [-0.2, 0) is 22.4 Å². The van der Waals surface area contributed by atoms with Crippen molar-refractivity contribution in [2.24, 2.45) is 0 Å². The van der Waals surface area contributed by atoms with Gasteiger partial charge in [0.1, 0.15) is 6.07 Å². The van der Waals surface area contributed by atoms with Crippen LogP contribution in [0.15, 0.2) is 11.6 Å². The third kappa shape index (κ3) is 3.51. The second-order valence-corrected chi connectivity index (χ2v) is 6.14. The van der Waals surface area contributed by atoms with Gasteiger partial charge >= 0.3 is 5.97 Å². The summed E-state index contributed by atoms with van der Waals surface area (Å²) in [6, 6.07) is 4.10. The van der Waals surface area contributed by atoms with Crippen LogP contribution in [0.25, 0.3) is 4.91 Å². The molecule has 0 saturated carbocycles. The topological polar surface area (TPSA) is 65.9 Å². The summed E-state index contributed by atoms with van der Waals surface area (Å²) < 4.78 is 5.00. The lowest BCUT2D eigenvalue weighted by atomic mass is 9.98. The number of nitriles is 1. The highest BCUT2D eigenvalue weighted by Gasteiger charge is 2.21. The molecule has 1 aliphatic carbocycles. The van der Waals surface area contributed by atoms with Gasteiger partial charge in [0.25, 0.3) is 0 Å². The summed E-state index contributed by atoms with van der Waals surface area (Å²) >= 11 is 1.50. The zero-order chi connectivity index (χ0) is 15.2. The first kappa shape index (κ1) is 15.7. The van der Waals surface area contributed by atoms with Gasteiger partial charge in [-0.2, -0.15) is 5.26 Å². The summed E-state index contributed by atoms with van der Waals surface area (Å²) in [5.74, 6) is 0.257. The van der Waals surface area contributed by atoms with E-state index in [4.69, 9.17) is 4.74 Å². The van der Waals surface area contributed by atoms with Gasteiger partial charge in [0.05, 0.1) is 17.2 Å². The molecule has 21 heavy (non-hydrogen) atoms. The number of H-pyrrole nitrogens is 1. The summed E-state index contributed by atoms with van der Waals surface area (Å²) in [6.45, 7) is 4.02. The van der Waals surface area contributed by atoms with Crippen LogP contribution in [-0.4, -0.2) is 23.3 Å². The van der Waals surface area contributed by atoms with Crippen molar-refractivity contribution in [3.8, 4) is 6.07 Å². The van der Waals surface area contributed by atoms with Crippen LogP contribution in [0.5, 0.6) is 0 Å². The number of carbonyl (C=O) groups excluding carboxylic acids is 1. The zero-order valence-corrected chi connectivity index (χ0v) is 13.3. The minimum Gasteiger partial charge on any atom is -0.462 e. The Bertz CT molecular complexity index is 572. The Kier molecular flexibility index (Phi) is 5.51. The van der Waals surface area contributed by atoms with Crippen LogP contribution >= 0.6 is 11.8 Å². The number of nitrogens with zero attached hydrogens (tertiary/aromatic N) is 1. The first-order valence-corrected chi connectivity index (χ1v) is 8.35. The number of fused-ring (bicyclic) bond motifs is 1. The largest absolute Gasteiger partial charge is 0.462 e. The molecule has 2 rings (SSSR count). The molecule has 1 aliphatic rings. The highest BCUT2D eigenvalue weighted by atomic mass is 32.2. The number of aryl methyl sites for hydroxylation is 2. The van der Waals surface area contributed by atoms with Crippen LogP contribution < -0.4 is 0 Å². The van der Waals surface area contributed by atoms with Crippen LogP contribution in [0.1, 0.15) is 43.6 Å². The Morgan fingerprint density at radius 2 is 2.19 bits per heavy atom. The molecule has 0 bridgehead atoms. The molecule has 0 atom stereocenters. The second-order valence-electron chi connectivity index (χ2n) is 4.86. The molecule has 1 aromatic heterocycles. The second kappa shape index (κ2) is 7.37. The average Bonchev–Trinajstić information content (AvgIpc) is 2.91. The summed E-state index contributed by atoms with van der Waals surface area (Å²) in [4.78, 5) is 16.1. The van der Waals surface area contributed by atoms with Crippen molar-refractivity contribution in [2.45, 2.75) is 39.5 Å². The predicted octanol–water partition coefficient (Wildman–Crippen LogP) is 3.44. The summed E-state index contributed by atoms with van der Waals surface area (Å²) in [6.07, 6.45) is 4.50.